The molecule has 1 N–H and O–H groups in total. The minimum absolute atomic E-state index is 0.00174. The van der Waals surface area contributed by atoms with Gasteiger partial charge >= 0.3 is 0 Å². The molecular weight excluding hydrogens is 418 g/mol. The summed E-state index contributed by atoms with van der Waals surface area (Å²) in [6.07, 6.45) is 0. The number of aryl methyl sites for hydroxylation is 1. The van der Waals surface area contributed by atoms with Gasteiger partial charge in [0.05, 0.1) is 16.3 Å². The van der Waals surface area contributed by atoms with Crippen molar-refractivity contribution >= 4 is 27.6 Å². The summed E-state index contributed by atoms with van der Waals surface area (Å²) >= 11 is 6.00. The van der Waals surface area contributed by atoms with Crippen molar-refractivity contribution in [2.75, 3.05) is 4.72 Å². The standard InChI is InChI=1S/C23H18ClN3O2S/c1-16-7-13-20(14-8-16)30(28,29)27-23-25-21(17-5-3-2-4-6-17)15-22(26-23)18-9-11-19(24)12-10-18/h2-15H,1H3,(H,25,26,27). The number of sulfonamides is 1. The first-order valence-corrected chi connectivity index (χ1v) is 11.1. The Bertz CT molecular complexity index is 1270. The minimum atomic E-state index is -3.83. The van der Waals surface area contributed by atoms with E-state index < -0.39 is 10.0 Å². The molecule has 1 heterocycles. The van der Waals surface area contributed by atoms with Crippen LogP contribution in [0.1, 0.15) is 5.56 Å². The fourth-order valence-corrected chi connectivity index (χ4v) is 3.98. The van der Waals surface area contributed by atoms with Crippen molar-refractivity contribution in [3.8, 4) is 22.5 Å². The molecule has 0 saturated carbocycles. The zero-order chi connectivity index (χ0) is 21.1. The average Bonchev–Trinajstić information content (AvgIpc) is 2.74. The summed E-state index contributed by atoms with van der Waals surface area (Å²) in [5.74, 6) is 0.00174. The van der Waals surface area contributed by atoms with Gasteiger partial charge in [0.2, 0.25) is 5.95 Å². The fourth-order valence-electron chi connectivity index (χ4n) is 2.91. The smallest absolute Gasteiger partial charge is 0.247 e. The number of nitrogens with one attached hydrogen (secondary N) is 1. The molecule has 0 bridgehead atoms. The van der Waals surface area contributed by atoms with Crippen molar-refractivity contribution in [2.24, 2.45) is 0 Å². The number of hydrogen-bond acceptors (Lipinski definition) is 4. The van der Waals surface area contributed by atoms with Gasteiger partial charge in [-0.2, -0.15) is 0 Å². The van der Waals surface area contributed by atoms with Gasteiger partial charge in [0.25, 0.3) is 10.0 Å². The molecule has 4 rings (SSSR count). The van der Waals surface area contributed by atoms with Gasteiger partial charge in [0, 0.05) is 16.1 Å². The topological polar surface area (TPSA) is 72.0 Å². The maximum atomic E-state index is 12.8. The van der Waals surface area contributed by atoms with Gasteiger partial charge in [-0.05, 0) is 37.3 Å². The first-order chi connectivity index (χ1) is 14.4. The molecule has 0 atom stereocenters. The Morgan fingerprint density at radius 2 is 1.33 bits per heavy atom. The Morgan fingerprint density at radius 3 is 1.93 bits per heavy atom. The van der Waals surface area contributed by atoms with E-state index in [-0.39, 0.29) is 10.8 Å². The number of hydrogen-bond donors (Lipinski definition) is 1. The highest BCUT2D eigenvalue weighted by Crippen LogP contribution is 2.27. The largest absolute Gasteiger partial charge is 0.264 e. The van der Waals surface area contributed by atoms with Crippen LogP contribution in [0.2, 0.25) is 5.02 Å². The molecule has 5 nitrogen and oxygen atoms in total. The van der Waals surface area contributed by atoms with Crippen LogP contribution in [0.15, 0.2) is 89.8 Å². The molecule has 0 aliphatic rings. The van der Waals surface area contributed by atoms with E-state index in [0.29, 0.717) is 16.4 Å². The van der Waals surface area contributed by atoms with Crippen molar-refractivity contribution in [3.63, 3.8) is 0 Å². The summed E-state index contributed by atoms with van der Waals surface area (Å²) in [7, 11) is -3.83. The second-order valence-electron chi connectivity index (χ2n) is 6.75. The average molecular weight is 436 g/mol. The van der Waals surface area contributed by atoms with Gasteiger partial charge in [0.15, 0.2) is 0 Å². The Kier molecular flexibility index (Phi) is 5.53. The lowest BCUT2D eigenvalue weighted by Crippen LogP contribution is -2.15. The molecular formula is C23H18ClN3O2S. The van der Waals surface area contributed by atoms with Crippen LogP contribution in [-0.4, -0.2) is 18.4 Å². The van der Waals surface area contributed by atoms with Crippen molar-refractivity contribution in [1.82, 2.24) is 9.97 Å². The highest BCUT2D eigenvalue weighted by Gasteiger charge is 2.17. The summed E-state index contributed by atoms with van der Waals surface area (Å²) < 4.78 is 28.2. The molecule has 7 heteroatoms. The van der Waals surface area contributed by atoms with E-state index in [0.717, 1.165) is 16.7 Å². The molecule has 4 aromatic rings. The van der Waals surface area contributed by atoms with Gasteiger partial charge in [-0.1, -0.05) is 71.8 Å². The first-order valence-electron chi connectivity index (χ1n) is 9.21. The van der Waals surface area contributed by atoms with E-state index in [4.69, 9.17) is 11.6 Å². The first kappa shape index (κ1) is 20.1. The maximum absolute atomic E-state index is 12.8. The van der Waals surface area contributed by atoms with Crippen molar-refractivity contribution in [1.29, 1.82) is 0 Å². The summed E-state index contributed by atoms with van der Waals surface area (Å²) in [4.78, 5) is 9.04. The van der Waals surface area contributed by atoms with E-state index >= 15 is 0 Å². The summed E-state index contributed by atoms with van der Waals surface area (Å²) in [6, 6.07) is 25.1. The maximum Gasteiger partial charge on any atom is 0.264 e. The van der Waals surface area contributed by atoms with Crippen LogP contribution < -0.4 is 4.72 Å². The Morgan fingerprint density at radius 1 is 0.767 bits per heavy atom. The zero-order valence-electron chi connectivity index (χ0n) is 16.1. The lowest BCUT2D eigenvalue weighted by atomic mass is 10.1. The third-order valence-electron chi connectivity index (χ3n) is 4.49. The SMILES string of the molecule is Cc1ccc(S(=O)(=O)Nc2nc(-c3ccccc3)cc(-c3ccc(Cl)cc3)n2)cc1. The number of halogens is 1. The van der Waals surface area contributed by atoms with Crippen LogP contribution in [-0.2, 0) is 10.0 Å². The second-order valence-corrected chi connectivity index (χ2v) is 8.87. The van der Waals surface area contributed by atoms with E-state index in [1.165, 1.54) is 0 Å². The van der Waals surface area contributed by atoms with Crippen LogP contribution in [0.4, 0.5) is 5.95 Å². The van der Waals surface area contributed by atoms with E-state index in [9.17, 15) is 8.42 Å². The summed E-state index contributed by atoms with van der Waals surface area (Å²) in [6.45, 7) is 1.90. The van der Waals surface area contributed by atoms with Crippen LogP contribution in [0.3, 0.4) is 0 Å². The second kappa shape index (κ2) is 8.26. The quantitative estimate of drug-likeness (QED) is 0.444. The molecule has 0 spiro atoms. The predicted octanol–water partition coefficient (Wildman–Crippen LogP) is 5.57. The highest BCUT2D eigenvalue weighted by atomic mass is 35.5. The fraction of sp³-hybridized carbons (Fsp3) is 0.0435. The molecule has 0 saturated heterocycles. The van der Waals surface area contributed by atoms with E-state index in [1.54, 1.807) is 36.4 Å². The zero-order valence-corrected chi connectivity index (χ0v) is 17.7. The number of anilines is 1. The molecule has 0 fully saturated rings. The molecule has 0 amide bonds. The molecule has 30 heavy (non-hydrogen) atoms. The van der Waals surface area contributed by atoms with Crippen molar-refractivity contribution in [2.45, 2.75) is 11.8 Å². The summed E-state index contributed by atoms with van der Waals surface area (Å²) in [5, 5.41) is 0.608. The Labute approximate surface area is 180 Å². The molecule has 3 aromatic carbocycles. The van der Waals surface area contributed by atoms with Gasteiger partial charge in [-0.15, -0.1) is 0 Å². The summed E-state index contributed by atoms with van der Waals surface area (Å²) in [5.41, 5.74) is 3.82. The molecule has 0 radical (unpaired) electrons. The number of rotatable bonds is 5. The third-order valence-corrected chi connectivity index (χ3v) is 6.09. The Balaban J connectivity index is 1.79. The van der Waals surface area contributed by atoms with Gasteiger partial charge in [0.1, 0.15) is 0 Å². The Hall–Kier alpha value is -3.22. The molecule has 1 aromatic heterocycles. The molecule has 0 aliphatic carbocycles. The van der Waals surface area contributed by atoms with Crippen molar-refractivity contribution in [3.05, 3.63) is 95.5 Å². The molecule has 0 aliphatic heterocycles. The van der Waals surface area contributed by atoms with Crippen LogP contribution in [0.25, 0.3) is 22.5 Å². The highest BCUT2D eigenvalue weighted by molar-refractivity contribution is 7.92. The van der Waals surface area contributed by atoms with Gasteiger partial charge < -0.3 is 0 Å². The number of benzene rings is 3. The lowest BCUT2D eigenvalue weighted by Gasteiger charge is -2.11. The lowest BCUT2D eigenvalue weighted by molar-refractivity contribution is 0.601. The van der Waals surface area contributed by atoms with Gasteiger partial charge in [-0.25, -0.2) is 23.1 Å². The molecule has 0 unspecified atom stereocenters. The minimum Gasteiger partial charge on any atom is -0.247 e. The predicted molar refractivity (Wildman–Crippen MR) is 120 cm³/mol. The van der Waals surface area contributed by atoms with E-state index in [1.807, 2.05) is 55.5 Å². The third kappa shape index (κ3) is 4.50. The number of nitrogens with zero attached hydrogens (tertiary/aromatic N) is 2. The van der Waals surface area contributed by atoms with Crippen LogP contribution >= 0.6 is 11.6 Å². The molecule has 150 valence electrons. The van der Waals surface area contributed by atoms with Gasteiger partial charge in [-0.3, -0.25) is 0 Å². The monoisotopic (exact) mass is 435 g/mol. The normalized spacial score (nSPS) is 11.3. The van der Waals surface area contributed by atoms with Crippen LogP contribution in [0, 0.1) is 6.92 Å². The van der Waals surface area contributed by atoms with Crippen LogP contribution in [0.5, 0.6) is 0 Å². The van der Waals surface area contributed by atoms with Crippen molar-refractivity contribution < 1.29 is 8.42 Å². The number of aromatic nitrogens is 2. The van der Waals surface area contributed by atoms with E-state index in [2.05, 4.69) is 14.7 Å².